The predicted octanol–water partition coefficient (Wildman–Crippen LogP) is 2.92. The molecule has 2 aromatic rings. The summed E-state index contributed by atoms with van der Waals surface area (Å²) in [6, 6.07) is 10.1. The molecule has 1 aliphatic rings. The second kappa shape index (κ2) is 5.92. The van der Waals surface area contributed by atoms with E-state index in [0.29, 0.717) is 17.0 Å². The first kappa shape index (κ1) is 14.8. The Morgan fingerprint density at radius 2 is 1.78 bits per heavy atom. The monoisotopic (exact) mass is 313 g/mol. The van der Waals surface area contributed by atoms with Crippen LogP contribution >= 0.6 is 0 Å². The van der Waals surface area contributed by atoms with Crippen LogP contribution in [0.2, 0.25) is 0 Å². The van der Waals surface area contributed by atoms with Gasteiger partial charge in [-0.1, -0.05) is 12.1 Å². The van der Waals surface area contributed by atoms with Gasteiger partial charge in [0.2, 0.25) is 5.75 Å². The summed E-state index contributed by atoms with van der Waals surface area (Å²) < 4.78 is 15.6. The molecular formula is C17H15NO5. The van der Waals surface area contributed by atoms with Crippen molar-refractivity contribution in [2.75, 3.05) is 19.1 Å². The van der Waals surface area contributed by atoms with Gasteiger partial charge in [-0.2, -0.15) is 0 Å². The van der Waals surface area contributed by atoms with E-state index in [-0.39, 0.29) is 23.2 Å². The number of phenolic OH excluding ortho intramolecular Hbond substituents is 1. The molecule has 0 saturated carbocycles. The van der Waals surface area contributed by atoms with Crippen molar-refractivity contribution in [2.45, 2.75) is 0 Å². The number of aromatic hydroxyl groups is 1. The molecule has 0 atom stereocenters. The van der Waals surface area contributed by atoms with E-state index in [0.717, 1.165) is 0 Å². The lowest BCUT2D eigenvalue weighted by atomic mass is 10.1. The van der Waals surface area contributed by atoms with Gasteiger partial charge < -0.3 is 19.3 Å². The summed E-state index contributed by atoms with van der Waals surface area (Å²) in [5.74, 6) is 0.468. The molecule has 0 aromatic heterocycles. The van der Waals surface area contributed by atoms with E-state index in [2.05, 4.69) is 0 Å². The van der Waals surface area contributed by atoms with Crippen molar-refractivity contribution in [3.05, 3.63) is 54.4 Å². The molecule has 3 rings (SSSR count). The Morgan fingerprint density at radius 1 is 1.13 bits per heavy atom. The molecule has 0 unspecified atom stereocenters. The molecule has 2 aromatic carbocycles. The number of fused-ring (bicyclic) bond motifs is 1. The van der Waals surface area contributed by atoms with Gasteiger partial charge in [-0.25, -0.2) is 0 Å². The van der Waals surface area contributed by atoms with Gasteiger partial charge in [0.1, 0.15) is 6.26 Å². The zero-order chi connectivity index (χ0) is 16.4. The van der Waals surface area contributed by atoms with E-state index in [4.69, 9.17) is 14.2 Å². The molecule has 1 heterocycles. The highest BCUT2D eigenvalue weighted by atomic mass is 16.5. The summed E-state index contributed by atoms with van der Waals surface area (Å²) >= 11 is 0. The smallest absolute Gasteiger partial charge is 0.262 e. The number of carbonyl (C=O) groups excluding carboxylic acids is 1. The standard InChI is InChI=1S/C17H15NO5/c1-21-14-9-11(10-15(22-2)16(14)19)17(20)18-7-8-23-13-6-4-3-5-12(13)18/h3-10,19H,1-2H3. The normalized spacial score (nSPS) is 12.3. The van der Waals surface area contributed by atoms with Crippen molar-refractivity contribution >= 4 is 11.6 Å². The van der Waals surface area contributed by atoms with Gasteiger partial charge in [0.15, 0.2) is 17.2 Å². The number of ether oxygens (including phenoxy) is 3. The quantitative estimate of drug-likeness (QED) is 0.943. The number of carbonyl (C=O) groups is 1. The first-order valence-corrected chi connectivity index (χ1v) is 6.86. The van der Waals surface area contributed by atoms with Gasteiger partial charge in [-0.15, -0.1) is 0 Å². The fourth-order valence-corrected chi connectivity index (χ4v) is 2.33. The Hall–Kier alpha value is -3.15. The Bertz CT molecular complexity index is 759. The molecule has 0 spiro atoms. The fourth-order valence-electron chi connectivity index (χ4n) is 2.33. The Kier molecular flexibility index (Phi) is 3.80. The minimum Gasteiger partial charge on any atom is -0.502 e. The average Bonchev–Trinajstić information content (AvgIpc) is 2.60. The molecule has 6 heteroatoms. The predicted molar refractivity (Wildman–Crippen MR) is 84.2 cm³/mol. The topological polar surface area (TPSA) is 68.2 Å². The van der Waals surface area contributed by atoms with Gasteiger partial charge in [-0.3, -0.25) is 9.69 Å². The molecule has 1 aliphatic heterocycles. The maximum atomic E-state index is 12.8. The van der Waals surface area contributed by atoms with Crippen molar-refractivity contribution in [2.24, 2.45) is 0 Å². The number of methoxy groups -OCH3 is 2. The van der Waals surface area contributed by atoms with Crippen LogP contribution in [0.5, 0.6) is 23.0 Å². The molecule has 6 nitrogen and oxygen atoms in total. The second-order valence-corrected chi connectivity index (χ2v) is 4.78. The van der Waals surface area contributed by atoms with Crippen LogP contribution in [-0.4, -0.2) is 25.2 Å². The van der Waals surface area contributed by atoms with Crippen LogP contribution in [0.1, 0.15) is 10.4 Å². The number of benzene rings is 2. The first-order valence-electron chi connectivity index (χ1n) is 6.86. The average molecular weight is 313 g/mol. The van der Waals surface area contributed by atoms with Crippen molar-refractivity contribution in [1.29, 1.82) is 0 Å². The van der Waals surface area contributed by atoms with Crippen LogP contribution in [0.4, 0.5) is 5.69 Å². The molecular weight excluding hydrogens is 298 g/mol. The minimum atomic E-state index is -0.298. The zero-order valence-electron chi connectivity index (χ0n) is 12.6. The number of rotatable bonds is 3. The summed E-state index contributed by atoms with van der Waals surface area (Å²) in [5, 5.41) is 9.95. The third-order valence-electron chi connectivity index (χ3n) is 3.48. The van der Waals surface area contributed by atoms with Gasteiger partial charge in [0, 0.05) is 11.8 Å². The number of anilines is 1. The van der Waals surface area contributed by atoms with E-state index in [1.807, 2.05) is 12.1 Å². The minimum absolute atomic E-state index is 0.149. The summed E-state index contributed by atoms with van der Waals surface area (Å²) in [5.41, 5.74) is 0.948. The van der Waals surface area contributed by atoms with E-state index >= 15 is 0 Å². The van der Waals surface area contributed by atoms with Crippen LogP contribution in [0.25, 0.3) is 0 Å². The molecule has 23 heavy (non-hydrogen) atoms. The number of hydrogen-bond acceptors (Lipinski definition) is 5. The van der Waals surface area contributed by atoms with Crippen molar-refractivity contribution < 1.29 is 24.1 Å². The lowest BCUT2D eigenvalue weighted by molar-refractivity contribution is 0.0994. The van der Waals surface area contributed by atoms with Crippen LogP contribution in [0.3, 0.4) is 0 Å². The molecule has 0 bridgehead atoms. The largest absolute Gasteiger partial charge is 0.502 e. The second-order valence-electron chi connectivity index (χ2n) is 4.78. The van der Waals surface area contributed by atoms with Gasteiger partial charge >= 0.3 is 0 Å². The Balaban J connectivity index is 2.04. The number of nitrogens with zero attached hydrogens (tertiary/aromatic N) is 1. The molecule has 0 radical (unpaired) electrons. The number of para-hydroxylation sites is 2. The van der Waals surface area contributed by atoms with E-state index in [1.165, 1.54) is 43.7 Å². The summed E-state index contributed by atoms with van der Waals surface area (Å²) in [6.07, 6.45) is 2.98. The number of amides is 1. The van der Waals surface area contributed by atoms with Crippen LogP contribution in [0, 0.1) is 0 Å². The lowest BCUT2D eigenvalue weighted by Gasteiger charge is -2.24. The van der Waals surface area contributed by atoms with Crippen LogP contribution in [-0.2, 0) is 0 Å². The molecule has 0 fully saturated rings. The van der Waals surface area contributed by atoms with E-state index in [1.54, 1.807) is 12.1 Å². The third kappa shape index (κ3) is 2.55. The summed E-state index contributed by atoms with van der Waals surface area (Å²) in [6.45, 7) is 0. The lowest BCUT2D eigenvalue weighted by Crippen LogP contribution is -2.27. The SMILES string of the molecule is COc1cc(C(=O)N2C=COc3ccccc32)cc(OC)c1O. The molecule has 0 aliphatic carbocycles. The van der Waals surface area contributed by atoms with E-state index in [9.17, 15) is 9.90 Å². The molecule has 1 N–H and O–H groups in total. The molecule has 0 saturated heterocycles. The Morgan fingerprint density at radius 3 is 2.43 bits per heavy atom. The van der Waals surface area contributed by atoms with Crippen LogP contribution in [0.15, 0.2) is 48.9 Å². The first-order chi connectivity index (χ1) is 11.2. The van der Waals surface area contributed by atoms with Gasteiger partial charge in [0.25, 0.3) is 5.91 Å². The van der Waals surface area contributed by atoms with Gasteiger partial charge in [-0.05, 0) is 24.3 Å². The number of phenols is 1. The molecule has 1 amide bonds. The van der Waals surface area contributed by atoms with Crippen LogP contribution < -0.4 is 19.1 Å². The van der Waals surface area contributed by atoms with E-state index < -0.39 is 0 Å². The highest BCUT2D eigenvalue weighted by molar-refractivity contribution is 6.09. The highest BCUT2D eigenvalue weighted by Gasteiger charge is 2.24. The van der Waals surface area contributed by atoms with Crippen molar-refractivity contribution in [1.82, 2.24) is 0 Å². The van der Waals surface area contributed by atoms with Crippen molar-refractivity contribution in [3.8, 4) is 23.0 Å². The maximum Gasteiger partial charge on any atom is 0.262 e. The van der Waals surface area contributed by atoms with Crippen molar-refractivity contribution in [3.63, 3.8) is 0 Å². The molecule has 118 valence electrons. The maximum absolute atomic E-state index is 12.8. The Labute approximate surface area is 133 Å². The number of hydrogen-bond donors (Lipinski definition) is 1. The summed E-state index contributed by atoms with van der Waals surface area (Å²) in [7, 11) is 2.82. The zero-order valence-corrected chi connectivity index (χ0v) is 12.6. The third-order valence-corrected chi connectivity index (χ3v) is 3.48. The van der Waals surface area contributed by atoms with Gasteiger partial charge in [0.05, 0.1) is 19.9 Å². The fraction of sp³-hybridized carbons (Fsp3) is 0.118. The summed E-state index contributed by atoms with van der Waals surface area (Å²) in [4.78, 5) is 14.3. The highest BCUT2D eigenvalue weighted by Crippen LogP contribution is 2.39.